The highest BCUT2D eigenvalue weighted by atomic mass is 16.7. The normalized spacial score (nSPS) is 14.4. The van der Waals surface area contributed by atoms with E-state index in [0.29, 0.717) is 11.3 Å². The lowest BCUT2D eigenvalue weighted by Crippen LogP contribution is -2.32. The van der Waals surface area contributed by atoms with Gasteiger partial charge in [0.1, 0.15) is 17.9 Å². The summed E-state index contributed by atoms with van der Waals surface area (Å²) in [5.74, 6) is -2.07. The van der Waals surface area contributed by atoms with Crippen LogP contribution in [0.4, 0.5) is 11.4 Å². The molecule has 13 nitrogen and oxygen atoms in total. The molecule has 0 fully saturated rings. The first-order valence-corrected chi connectivity index (χ1v) is 9.58. The van der Waals surface area contributed by atoms with Crippen LogP contribution in [-0.4, -0.2) is 45.9 Å². The number of non-ortho nitro benzene ring substituents is 1. The van der Waals surface area contributed by atoms with Crippen molar-refractivity contribution in [3.8, 4) is 5.75 Å². The van der Waals surface area contributed by atoms with Crippen molar-refractivity contribution in [1.29, 1.82) is 0 Å². The lowest BCUT2D eigenvalue weighted by Gasteiger charge is -2.20. The Kier molecular flexibility index (Phi) is 5.70. The van der Waals surface area contributed by atoms with Crippen LogP contribution < -0.4 is 4.74 Å². The van der Waals surface area contributed by atoms with Crippen molar-refractivity contribution in [2.24, 2.45) is 0 Å². The Morgan fingerprint density at radius 2 is 1.91 bits per heavy atom. The first kappa shape index (κ1) is 21.8. The second kappa shape index (κ2) is 8.63. The summed E-state index contributed by atoms with van der Waals surface area (Å²) in [4.78, 5) is 59.0. The molecule has 13 heteroatoms. The van der Waals surface area contributed by atoms with Crippen LogP contribution in [0.5, 0.6) is 5.75 Å². The van der Waals surface area contributed by atoms with Gasteiger partial charge in [0.05, 0.1) is 28.4 Å². The Hall–Kier alpha value is -4.39. The van der Waals surface area contributed by atoms with Crippen LogP contribution in [0.15, 0.2) is 30.3 Å². The van der Waals surface area contributed by atoms with Crippen LogP contribution in [0, 0.1) is 20.2 Å². The molecule has 33 heavy (non-hydrogen) atoms. The molecule has 0 spiro atoms. The van der Waals surface area contributed by atoms with E-state index < -0.39 is 33.3 Å². The summed E-state index contributed by atoms with van der Waals surface area (Å²) < 4.78 is 15.6. The van der Waals surface area contributed by atoms with Gasteiger partial charge in [-0.2, -0.15) is 0 Å². The summed E-state index contributed by atoms with van der Waals surface area (Å²) in [5, 5.41) is 22.3. The maximum atomic E-state index is 12.5. The maximum absolute atomic E-state index is 12.5. The third-order valence-electron chi connectivity index (χ3n) is 5.08. The SMILES string of the molecule is O=C(CCN1C(=O)c2cccc([N+](=O)[O-])c2C1=O)OCc1cc([N+](=O)[O-])cc2c1OCOC2. The van der Waals surface area contributed by atoms with Crippen molar-refractivity contribution in [3.63, 3.8) is 0 Å². The first-order chi connectivity index (χ1) is 15.8. The topological polar surface area (TPSA) is 168 Å². The molecule has 0 aliphatic carbocycles. The molecule has 0 saturated carbocycles. The van der Waals surface area contributed by atoms with Crippen molar-refractivity contribution < 1.29 is 38.4 Å². The molecule has 2 aliphatic heterocycles. The second-order valence-electron chi connectivity index (χ2n) is 7.09. The molecule has 2 aromatic rings. The van der Waals surface area contributed by atoms with Gasteiger partial charge in [0.15, 0.2) is 6.79 Å². The zero-order chi connectivity index (χ0) is 23.7. The minimum Gasteiger partial charge on any atom is -0.467 e. The number of nitro benzene ring substituents is 2. The highest BCUT2D eigenvalue weighted by Crippen LogP contribution is 2.33. The fourth-order valence-corrected chi connectivity index (χ4v) is 3.60. The summed E-state index contributed by atoms with van der Waals surface area (Å²) in [6.45, 7) is -0.641. The third kappa shape index (κ3) is 4.08. The van der Waals surface area contributed by atoms with Crippen LogP contribution >= 0.6 is 0 Å². The molecular formula is C20H15N3O10. The Morgan fingerprint density at radius 1 is 1.12 bits per heavy atom. The Labute approximate surface area is 184 Å². The van der Waals surface area contributed by atoms with Gasteiger partial charge in [-0.3, -0.25) is 39.5 Å². The van der Waals surface area contributed by atoms with E-state index >= 15 is 0 Å². The molecule has 0 bridgehead atoms. The van der Waals surface area contributed by atoms with Gasteiger partial charge in [0.2, 0.25) is 0 Å². The smallest absolute Gasteiger partial charge is 0.307 e. The molecule has 2 aromatic carbocycles. The van der Waals surface area contributed by atoms with E-state index in [4.69, 9.17) is 14.2 Å². The van der Waals surface area contributed by atoms with E-state index in [2.05, 4.69) is 0 Å². The summed E-state index contributed by atoms with van der Waals surface area (Å²) in [7, 11) is 0. The average Bonchev–Trinajstić information content (AvgIpc) is 3.05. The van der Waals surface area contributed by atoms with Gasteiger partial charge in [0.25, 0.3) is 23.2 Å². The van der Waals surface area contributed by atoms with E-state index in [9.17, 15) is 34.6 Å². The second-order valence-corrected chi connectivity index (χ2v) is 7.09. The number of benzene rings is 2. The summed E-state index contributed by atoms with van der Waals surface area (Å²) >= 11 is 0. The number of fused-ring (bicyclic) bond motifs is 2. The van der Waals surface area contributed by atoms with Crippen LogP contribution in [0.3, 0.4) is 0 Å². The summed E-state index contributed by atoms with van der Waals surface area (Å²) in [6, 6.07) is 6.25. The number of ether oxygens (including phenoxy) is 3. The first-order valence-electron chi connectivity index (χ1n) is 9.58. The number of amides is 2. The average molecular weight is 457 g/mol. The fourth-order valence-electron chi connectivity index (χ4n) is 3.60. The lowest BCUT2D eigenvalue weighted by atomic mass is 10.1. The van der Waals surface area contributed by atoms with E-state index in [1.54, 1.807) is 0 Å². The van der Waals surface area contributed by atoms with E-state index in [1.807, 2.05) is 0 Å². The summed E-state index contributed by atoms with van der Waals surface area (Å²) in [6.07, 6.45) is -0.375. The molecule has 2 amide bonds. The molecule has 2 heterocycles. The molecule has 0 radical (unpaired) electrons. The van der Waals surface area contributed by atoms with Crippen molar-refractivity contribution in [3.05, 3.63) is 72.8 Å². The van der Waals surface area contributed by atoms with Crippen molar-refractivity contribution >= 4 is 29.2 Å². The van der Waals surface area contributed by atoms with Gasteiger partial charge in [-0.25, -0.2) is 0 Å². The van der Waals surface area contributed by atoms with Gasteiger partial charge in [-0.15, -0.1) is 0 Å². The monoisotopic (exact) mass is 457 g/mol. The van der Waals surface area contributed by atoms with Crippen molar-refractivity contribution in [2.75, 3.05) is 13.3 Å². The van der Waals surface area contributed by atoms with Gasteiger partial charge in [0, 0.05) is 35.9 Å². The van der Waals surface area contributed by atoms with E-state index in [-0.39, 0.29) is 55.4 Å². The van der Waals surface area contributed by atoms with Crippen molar-refractivity contribution in [2.45, 2.75) is 19.6 Å². The number of nitro groups is 2. The van der Waals surface area contributed by atoms with Crippen LogP contribution in [-0.2, 0) is 27.5 Å². The van der Waals surface area contributed by atoms with Crippen molar-refractivity contribution in [1.82, 2.24) is 4.90 Å². The predicted octanol–water partition coefficient (Wildman–Crippen LogP) is 2.10. The predicted molar refractivity (Wildman–Crippen MR) is 106 cm³/mol. The molecule has 170 valence electrons. The number of esters is 1. The Bertz CT molecular complexity index is 1210. The molecular weight excluding hydrogens is 442 g/mol. The van der Waals surface area contributed by atoms with Crippen LogP contribution in [0.2, 0.25) is 0 Å². The zero-order valence-corrected chi connectivity index (χ0v) is 16.8. The van der Waals surface area contributed by atoms with Crippen LogP contribution in [0.25, 0.3) is 0 Å². The number of hydrogen-bond acceptors (Lipinski definition) is 10. The zero-order valence-electron chi connectivity index (χ0n) is 16.8. The number of hydrogen-bond donors (Lipinski definition) is 0. The minimum atomic E-state index is -0.865. The summed E-state index contributed by atoms with van der Waals surface area (Å²) in [5.41, 5.74) is -0.424. The third-order valence-corrected chi connectivity index (χ3v) is 5.08. The highest BCUT2D eigenvalue weighted by Gasteiger charge is 2.40. The van der Waals surface area contributed by atoms with Gasteiger partial charge in [-0.05, 0) is 6.07 Å². The number of rotatable bonds is 7. The highest BCUT2D eigenvalue weighted by molar-refractivity contribution is 6.23. The van der Waals surface area contributed by atoms with Gasteiger partial charge < -0.3 is 14.2 Å². The molecule has 0 N–H and O–H groups in total. The van der Waals surface area contributed by atoms with Crippen LogP contribution in [0.1, 0.15) is 38.3 Å². The molecule has 0 saturated heterocycles. The standard InChI is InChI=1S/C20H15N3O10/c24-16(32-9-12-7-13(22(27)28)6-11-8-31-10-33-18(11)12)4-5-21-19(25)14-2-1-3-15(23(29)30)17(14)20(21)26/h1-3,6-7H,4-5,8-10H2. The Morgan fingerprint density at radius 3 is 2.64 bits per heavy atom. The molecule has 0 unspecified atom stereocenters. The fraction of sp³-hybridized carbons (Fsp3) is 0.250. The Balaban J connectivity index is 1.42. The molecule has 2 aliphatic rings. The number of carbonyl (C=O) groups excluding carboxylic acids is 3. The number of carbonyl (C=O) groups is 3. The van der Waals surface area contributed by atoms with Gasteiger partial charge in [-0.1, -0.05) is 6.07 Å². The quantitative estimate of drug-likeness (QED) is 0.260. The van der Waals surface area contributed by atoms with E-state index in [1.165, 1.54) is 24.3 Å². The largest absolute Gasteiger partial charge is 0.467 e. The minimum absolute atomic E-state index is 0.0579. The van der Waals surface area contributed by atoms with Gasteiger partial charge >= 0.3 is 5.97 Å². The molecule has 0 aromatic heterocycles. The molecule has 0 atom stereocenters. The molecule has 4 rings (SSSR count). The number of imide groups is 1. The number of nitrogens with zero attached hydrogens (tertiary/aromatic N) is 3. The van der Waals surface area contributed by atoms with E-state index in [0.717, 1.165) is 11.0 Å². The lowest BCUT2D eigenvalue weighted by molar-refractivity contribution is -0.385. The maximum Gasteiger partial charge on any atom is 0.307 e.